The molecular formula is C19H32O2. The second kappa shape index (κ2) is 10.8. The van der Waals surface area contributed by atoms with Gasteiger partial charge in [0.2, 0.25) is 0 Å². The number of hydrogen-bond acceptors (Lipinski definition) is 2. The minimum atomic E-state index is -0.459. The number of hydrogen-bond donors (Lipinski definition) is 2. The molecule has 2 unspecified atom stereocenters. The highest BCUT2D eigenvalue weighted by Crippen LogP contribution is 2.22. The van der Waals surface area contributed by atoms with Crippen LogP contribution in [-0.4, -0.2) is 22.9 Å². The molecule has 21 heavy (non-hydrogen) atoms. The predicted molar refractivity (Wildman–Crippen MR) is 89.6 cm³/mol. The van der Waals surface area contributed by atoms with Crippen molar-refractivity contribution in [2.75, 3.05) is 6.61 Å². The van der Waals surface area contributed by atoms with Crippen LogP contribution >= 0.6 is 0 Å². The molecule has 120 valence electrons. The third-order valence-corrected chi connectivity index (χ3v) is 4.31. The zero-order chi connectivity index (χ0) is 15.5. The summed E-state index contributed by atoms with van der Waals surface area (Å²) >= 11 is 0. The largest absolute Gasteiger partial charge is 0.396 e. The number of rotatable bonds is 11. The lowest BCUT2D eigenvalue weighted by Gasteiger charge is -2.20. The van der Waals surface area contributed by atoms with E-state index >= 15 is 0 Å². The van der Waals surface area contributed by atoms with Crippen molar-refractivity contribution in [2.45, 2.75) is 77.2 Å². The van der Waals surface area contributed by atoms with Crippen LogP contribution in [0.15, 0.2) is 24.3 Å². The Morgan fingerprint density at radius 2 is 1.52 bits per heavy atom. The highest BCUT2D eigenvalue weighted by molar-refractivity contribution is 5.26. The molecule has 0 aliphatic carbocycles. The summed E-state index contributed by atoms with van der Waals surface area (Å²) in [7, 11) is 0. The van der Waals surface area contributed by atoms with Crippen molar-refractivity contribution in [3.63, 3.8) is 0 Å². The predicted octanol–water partition coefficient (Wildman–Crippen LogP) is 4.44. The van der Waals surface area contributed by atoms with Crippen molar-refractivity contribution >= 4 is 0 Å². The highest BCUT2D eigenvalue weighted by Gasteiger charge is 2.18. The quantitative estimate of drug-likeness (QED) is 0.592. The summed E-state index contributed by atoms with van der Waals surface area (Å²) in [6, 6.07) is 8.41. The van der Waals surface area contributed by atoms with Crippen LogP contribution in [0.5, 0.6) is 0 Å². The van der Waals surface area contributed by atoms with Crippen LogP contribution in [0.1, 0.15) is 75.8 Å². The summed E-state index contributed by atoms with van der Waals surface area (Å²) in [5, 5.41) is 19.4. The lowest BCUT2D eigenvalue weighted by molar-refractivity contribution is 0.103. The summed E-state index contributed by atoms with van der Waals surface area (Å²) in [4.78, 5) is 0. The molecule has 0 saturated carbocycles. The van der Waals surface area contributed by atoms with E-state index in [-0.39, 0.29) is 12.5 Å². The van der Waals surface area contributed by atoms with Crippen molar-refractivity contribution < 1.29 is 10.2 Å². The van der Waals surface area contributed by atoms with Crippen molar-refractivity contribution in [1.82, 2.24) is 0 Å². The minimum absolute atomic E-state index is 0.00574. The SMILES string of the molecule is CCCCCCCCc1ccc(C(CO)C(O)CC)cc1. The Hall–Kier alpha value is -0.860. The van der Waals surface area contributed by atoms with Gasteiger partial charge in [-0.3, -0.25) is 0 Å². The lowest BCUT2D eigenvalue weighted by atomic mass is 9.91. The van der Waals surface area contributed by atoms with Gasteiger partial charge in [-0.15, -0.1) is 0 Å². The lowest BCUT2D eigenvalue weighted by Crippen LogP contribution is -2.20. The Bertz CT molecular complexity index is 358. The van der Waals surface area contributed by atoms with Gasteiger partial charge in [-0.2, -0.15) is 0 Å². The third kappa shape index (κ3) is 6.62. The number of aliphatic hydroxyl groups excluding tert-OH is 2. The molecule has 0 aliphatic rings. The van der Waals surface area contributed by atoms with Gasteiger partial charge in [-0.25, -0.2) is 0 Å². The Morgan fingerprint density at radius 3 is 2.10 bits per heavy atom. The van der Waals surface area contributed by atoms with Gasteiger partial charge in [0.1, 0.15) is 0 Å². The fourth-order valence-electron chi connectivity index (χ4n) is 2.77. The molecule has 1 aromatic rings. The van der Waals surface area contributed by atoms with E-state index in [1.54, 1.807) is 0 Å². The molecule has 0 radical (unpaired) electrons. The highest BCUT2D eigenvalue weighted by atomic mass is 16.3. The summed E-state index contributed by atoms with van der Waals surface area (Å²) < 4.78 is 0. The summed E-state index contributed by atoms with van der Waals surface area (Å²) in [6.07, 6.45) is 9.29. The molecule has 0 aromatic heterocycles. The Labute approximate surface area is 130 Å². The van der Waals surface area contributed by atoms with Gasteiger partial charge < -0.3 is 10.2 Å². The van der Waals surface area contributed by atoms with E-state index in [4.69, 9.17) is 0 Å². The van der Waals surface area contributed by atoms with Crippen molar-refractivity contribution in [1.29, 1.82) is 0 Å². The maximum Gasteiger partial charge on any atom is 0.0628 e. The van der Waals surface area contributed by atoms with Gasteiger partial charge in [0.25, 0.3) is 0 Å². The van der Waals surface area contributed by atoms with E-state index in [1.807, 2.05) is 6.92 Å². The second-order valence-electron chi connectivity index (χ2n) is 6.02. The maximum absolute atomic E-state index is 9.92. The average molecular weight is 292 g/mol. The number of aryl methyl sites for hydroxylation is 1. The maximum atomic E-state index is 9.92. The van der Waals surface area contributed by atoms with Crippen LogP contribution in [0, 0.1) is 0 Å². The van der Waals surface area contributed by atoms with E-state index < -0.39 is 6.10 Å². The third-order valence-electron chi connectivity index (χ3n) is 4.31. The van der Waals surface area contributed by atoms with E-state index in [0.717, 1.165) is 12.0 Å². The first-order chi connectivity index (χ1) is 10.2. The van der Waals surface area contributed by atoms with Crippen LogP contribution < -0.4 is 0 Å². The van der Waals surface area contributed by atoms with Crippen LogP contribution in [0.2, 0.25) is 0 Å². The first-order valence-corrected chi connectivity index (χ1v) is 8.60. The van der Waals surface area contributed by atoms with Gasteiger partial charge in [0.05, 0.1) is 12.7 Å². The number of benzene rings is 1. The van der Waals surface area contributed by atoms with Crippen LogP contribution in [-0.2, 0) is 6.42 Å². The molecule has 2 nitrogen and oxygen atoms in total. The van der Waals surface area contributed by atoms with Crippen LogP contribution in [0.25, 0.3) is 0 Å². The van der Waals surface area contributed by atoms with Gasteiger partial charge in [-0.1, -0.05) is 70.2 Å². The first-order valence-electron chi connectivity index (χ1n) is 8.60. The zero-order valence-electron chi connectivity index (χ0n) is 13.7. The van der Waals surface area contributed by atoms with Gasteiger partial charge in [0.15, 0.2) is 0 Å². The van der Waals surface area contributed by atoms with Crippen molar-refractivity contribution in [2.24, 2.45) is 0 Å². The van der Waals surface area contributed by atoms with Crippen LogP contribution in [0.3, 0.4) is 0 Å². The van der Waals surface area contributed by atoms with E-state index in [9.17, 15) is 10.2 Å². The zero-order valence-corrected chi connectivity index (χ0v) is 13.7. The molecule has 0 bridgehead atoms. The molecule has 0 heterocycles. The minimum Gasteiger partial charge on any atom is -0.396 e. The van der Waals surface area contributed by atoms with Crippen molar-refractivity contribution in [3.8, 4) is 0 Å². The van der Waals surface area contributed by atoms with Gasteiger partial charge >= 0.3 is 0 Å². The average Bonchev–Trinajstić information content (AvgIpc) is 2.52. The molecule has 1 aromatic carbocycles. The Morgan fingerprint density at radius 1 is 0.905 bits per heavy atom. The number of unbranched alkanes of at least 4 members (excludes halogenated alkanes) is 5. The molecule has 0 aliphatic heterocycles. The molecule has 2 atom stereocenters. The molecule has 1 rings (SSSR count). The molecule has 2 N–H and O–H groups in total. The molecular weight excluding hydrogens is 260 g/mol. The summed E-state index contributed by atoms with van der Waals surface area (Å²) in [6.45, 7) is 4.20. The van der Waals surface area contributed by atoms with Crippen molar-refractivity contribution in [3.05, 3.63) is 35.4 Å². The standard InChI is InChI=1S/C19H32O2/c1-3-5-6-7-8-9-10-16-11-13-17(14-12-16)18(15-20)19(21)4-2/h11-14,18-21H,3-10,15H2,1-2H3. The molecule has 0 fully saturated rings. The fraction of sp³-hybridized carbons (Fsp3) is 0.684. The monoisotopic (exact) mass is 292 g/mol. The summed E-state index contributed by atoms with van der Waals surface area (Å²) in [5.41, 5.74) is 2.40. The number of aliphatic hydroxyl groups is 2. The topological polar surface area (TPSA) is 40.5 Å². The smallest absolute Gasteiger partial charge is 0.0628 e. The van der Waals surface area contributed by atoms with Gasteiger partial charge in [0, 0.05) is 5.92 Å². The normalized spacial score (nSPS) is 14.1. The van der Waals surface area contributed by atoms with E-state index in [1.165, 1.54) is 44.1 Å². The second-order valence-corrected chi connectivity index (χ2v) is 6.02. The molecule has 0 spiro atoms. The Balaban J connectivity index is 2.39. The Kier molecular flexibility index (Phi) is 9.36. The fourth-order valence-corrected chi connectivity index (χ4v) is 2.77. The van der Waals surface area contributed by atoms with Gasteiger partial charge in [-0.05, 0) is 30.4 Å². The van der Waals surface area contributed by atoms with E-state index in [2.05, 4.69) is 31.2 Å². The first kappa shape index (κ1) is 18.2. The molecule has 0 saturated heterocycles. The van der Waals surface area contributed by atoms with E-state index in [0.29, 0.717) is 6.42 Å². The van der Waals surface area contributed by atoms with Crippen LogP contribution in [0.4, 0.5) is 0 Å². The summed E-state index contributed by atoms with van der Waals surface area (Å²) in [5.74, 6) is -0.155. The molecule has 2 heteroatoms. The molecule has 0 amide bonds.